The second-order valence-electron chi connectivity index (χ2n) is 4.74. The van der Waals surface area contributed by atoms with Crippen molar-refractivity contribution in [3.8, 4) is 0 Å². The number of thioether (sulfide) groups is 1. The Morgan fingerprint density at radius 1 is 1.18 bits per heavy atom. The van der Waals surface area contributed by atoms with E-state index in [-0.39, 0.29) is 11.3 Å². The maximum atomic E-state index is 12.5. The normalized spacial score (nSPS) is 12.9. The van der Waals surface area contributed by atoms with E-state index in [0.29, 0.717) is 5.56 Å². The third kappa shape index (κ3) is 4.24. The van der Waals surface area contributed by atoms with Crippen molar-refractivity contribution in [2.75, 3.05) is 0 Å². The van der Waals surface area contributed by atoms with Crippen molar-refractivity contribution in [2.24, 2.45) is 5.73 Å². The third-order valence-corrected chi connectivity index (χ3v) is 3.25. The number of halogens is 3. The fourth-order valence-electron chi connectivity index (χ4n) is 1.34. The monoisotopic (exact) mass is 263 g/mol. The molecule has 5 heteroatoms. The van der Waals surface area contributed by atoms with E-state index in [0.717, 1.165) is 17.0 Å². The average molecular weight is 263 g/mol. The molecule has 0 atom stereocenters. The molecule has 0 bridgehead atoms. The Bertz CT molecular complexity index is 394. The van der Waals surface area contributed by atoms with Crippen LogP contribution in [0.15, 0.2) is 23.1 Å². The molecule has 0 unspecified atom stereocenters. The molecule has 0 aliphatic rings. The highest BCUT2D eigenvalue weighted by Gasteiger charge is 2.31. The first kappa shape index (κ1) is 14.4. The molecule has 0 radical (unpaired) electrons. The summed E-state index contributed by atoms with van der Waals surface area (Å²) in [5, 5.41) is 0. The molecule has 1 aromatic rings. The molecule has 17 heavy (non-hydrogen) atoms. The van der Waals surface area contributed by atoms with Crippen LogP contribution in [0.2, 0.25) is 0 Å². The molecule has 0 fully saturated rings. The first-order valence-corrected chi connectivity index (χ1v) is 6.04. The molecule has 0 heterocycles. The van der Waals surface area contributed by atoms with Crippen molar-refractivity contribution in [3.63, 3.8) is 0 Å². The first-order chi connectivity index (χ1) is 7.63. The number of benzene rings is 1. The van der Waals surface area contributed by atoms with E-state index in [1.807, 2.05) is 20.8 Å². The van der Waals surface area contributed by atoms with E-state index < -0.39 is 11.7 Å². The van der Waals surface area contributed by atoms with Gasteiger partial charge in [0.05, 0.1) is 5.56 Å². The van der Waals surface area contributed by atoms with Gasteiger partial charge in [0, 0.05) is 16.2 Å². The molecule has 0 spiro atoms. The van der Waals surface area contributed by atoms with Crippen LogP contribution in [0.4, 0.5) is 13.2 Å². The molecule has 0 saturated carbocycles. The average Bonchev–Trinajstić information content (AvgIpc) is 2.14. The summed E-state index contributed by atoms with van der Waals surface area (Å²) < 4.78 is 37.5. The Labute approximate surface area is 104 Å². The highest BCUT2D eigenvalue weighted by atomic mass is 32.2. The minimum absolute atomic E-state index is 0.0519. The second-order valence-corrected chi connectivity index (χ2v) is 6.61. The summed E-state index contributed by atoms with van der Waals surface area (Å²) in [6, 6.07) is 3.74. The van der Waals surface area contributed by atoms with Crippen LogP contribution in [0.3, 0.4) is 0 Å². The fourth-order valence-corrected chi connectivity index (χ4v) is 2.41. The van der Waals surface area contributed by atoms with Gasteiger partial charge in [0.15, 0.2) is 0 Å². The van der Waals surface area contributed by atoms with E-state index in [4.69, 9.17) is 5.73 Å². The number of alkyl halides is 3. The van der Waals surface area contributed by atoms with Crippen molar-refractivity contribution in [1.82, 2.24) is 0 Å². The summed E-state index contributed by atoms with van der Waals surface area (Å²) in [5.74, 6) is 0. The smallest absolute Gasteiger partial charge is 0.326 e. The highest BCUT2D eigenvalue weighted by molar-refractivity contribution is 8.00. The van der Waals surface area contributed by atoms with E-state index in [1.54, 1.807) is 0 Å². The maximum absolute atomic E-state index is 12.5. The van der Waals surface area contributed by atoms with Crippen LogP contribution in [0.1, 0.15) is 31.9 Å². The van der Waals surface area contributed by atoms with Crippen LogP contribution in [-0.4, -0.2) is 4.75 Å². The third-order valence-electron chi connectivity index (χ3n) is 2.02. The van der Waals surface area contributed by atoms with Gasteiger partial charge < -0.3 is 5.73 Å². The van der Waals surface area contributed by atoms with Gasteiger partial charge in [-0.2, -0.15) is 13.2 Å². The van der Waals surface area contributed by atoms with Gasteiger partial charge in [-0.3, -0.25) is 0 Å². The van der Waals surface area contributed by atoms with Gasteiger partial charge in [-0.15, -0.1) is 11.8 Å². The molecular formula is C12H16F3NS. The fraction of sp³-hybridized carbons (Fsp3) is 0.500. The summed E-state index contributed by atoms with van der Waals surface area (Å²) in [6.45, 7) is 6.14. The van der Waals surface area contributed by atoms with Crippen LogP contribution in [0.25, 0.3) is 0 Å². The molecule has 0 aliphatic carbocycles. The van der Waals surface area contributed by atoms with Crippen LogP contribution >= 0.6 is 11.8 Å². The number of hydrogen-bond donors (Lipinski definition) is 1. The minimum atomic E-state index is -4.31. The van der Waals surface area contributed by atoms with E-state index in [9.17, 15) is 13.2 Å². The summed E-state index contributed by atoms with van der Waals surface area (Å²) in [6.07, 6.45) is -4.31. The van der Waals surface area contributed by atoms with Gasteiger partial charge >= 0.3 is 6.18 Å². The maximum Gasteiger partial charge on any atom is 0.416 e. The Kier molecular flexibility index (Phi) is 4.15. The highest BCUT2D eigenvalue weighted by Crippen LogP contribution is 2.37. The predicted molar refractivity (Wildman–Crippen MR) is 64.9 cm³/mol. The van der Waals surface area contributed by atoms with Crippen LogP contribution in [0.5, 0.6) is 0 Å². The summed E-state index contributed by atoms with van der Waals surface area (Å²) >= 11 is 1.52. The topological polar surface area (TPSA) is 26.0 Å². The Balaban J connectivity index is 3.10. The number of hydrogen-bond acceptors (Lipinski definition) is 2. The lowest BCUT2D eigenvalue weighted by atomic mass is 10.1. The lowest BCUT2D eigenvalue weighted by Gasteiger charge is -2.20. The molecule has 96 valence electrons. The van der Waals surface area contributed by atoms with Gasteiger partial charge in [-0.1, -0.05) is 20.8 Å². The molecule has 0 aromatic heterocycles. The van der Waals surface area contributed by atoms with Crippen molar-refractivity contribution in [2.45, 2.75) is 43.1 Å². The zero-order valence-corrected chi connectivity index (χ0v) is 10.9. The lowest BCUT2D eigenvalue weighted by molar-refractivity contribution is -0.137. The first-order valence-electron chi connectivity index (χ1n) is 5.23. The van der Waals surface area contributed by atoms with Crippen molar-refractivity contribution in [3.05, 3.63) is 29.3 Å². The standard InChI is InChI=1S/C12H16F3NS/c1-11(2,3)17-10-5-4-9(12(13,14)15)6-8(10)7-16/h4-6H,7,16H2,1-3H3. The van der Waals surface area contributed by atoms with E-state index in [2.05, 4.69) is 0 Å². The summed E-state index contributed by atoms with van der Waals surface area (Å²) in [7, 11) is 0. The van der Waals surface area contributed by atoms with Gasteiger partial charge in [-0.25, -0.2) is 0 Å². The minimum Gasteiger partial charge on any atom is -0.326 e. The van der Waals surface area contributed by atoms with Crippen molar-refractivity contribution >= 4 is 11.8 Å². The zero-order chi connectivity index (χ0) is 13.3. The predicted octanol–water partition coefficient (Wildman–Crippen LogP) is 4.05. The van der Waals surface area contributed by atoms with Gasteiger partial charge in [0.25, 0.3) is 0 Å². The molecular weight excluding hydrogens is 247 g/mol. The molecule has 0 aliphatic heterocycles. The van der Waals surface area contributed by atoms with Crippen LogP contribution in [0, 0.1) is 0 Å². The van der Waals surface area contributed by atoms with Crippen molar-refractivity contribution in [1.29, 1.82) is 0 Å². The molecule has 1 nitrogen and oxygen atoms in total. The Hall–Kier alpha value is -0.680. The van der Waals surface area contributed by atoms with Gasteiger partial charge in [0.1, 0.15) is 0 Å². The van der Waals surface area contributed by atoms with Crippen LogP contribution in [-0.2, 0) is 12.7 Å². The molecule has 0 saturated heterocycles. The Morgan fingerprint density at radius 3 is 2.18 bits per heavy atom. The summed E-state index contributed by atoms with van der Waals surface area (Å²) in [5.41, 5.74) is 5.40. The molecule has 1 aromatic carbocycles. The van der Waals surface area contributed by atoms with Crippen LogP contribution < -0.4 is 5.73 Å². The van der Waals surface area contributed by atoms with Crippen molar-refractivity contribution < 1.29 is 13.2 Å². The van der Waals surface area contributed by atoms with Gasteiger partial charge in [0.2, 0.25) is 0 Å². The largest absolute Gasteiger partial charge is 0.416 e. The number of rotatable bonds is 2. The number of nitrogens with two attached hydrogens (primary N) is 1. The van der Waals surface area contributed by atoms with E-state index >= 15 is 0 Å². The Morgan fingerprint density at radius 2 is 1.76 bits per heavy atom. The second kappa shape index (κ2) is 4.90. The zero-order valence-electron chi connectivity index (χ0n) is 10.1. The molecule has 1 rings (SSSR count). The summed E-state index contributed by atoms with van der Waals surface area (Å²) in [4.78, 5) is 0.813. The molecule has 2 N–H and O–H groups in total. The lowest BCUT2D eigenvalue weighted by Crippen LogP contribution is -2.11. The van der Waals surface area contributed by atoms with E-state index in [1.165, 1.54) is 17.8 Å². The SMILES string of the molecule is CC(C)(C)Sc1ccc(C(F)(F)F)cc1CN. The quantitative estimate of drug-likeness (QED) is 0.814. The van der Waals surface area contributed by atoms with Gasteiger partial charge in [-0.05, 0) is 23.8 Å². The molecule has 0 amide bonds.